The van der Waals surface area contributed by atoms with E-state index in [-0.39, 0.29) is 11.8 Å². The molecule has 1 aliphatic rings. The first-order valence-corrected chi connectivity index (χ1v) is 10.9. The van der Waals surface area contributed by atoms with Crippen molar-refractivity contribution >= 4 is 28.6 Å². The van der Waals surface area contributed by atoms with E-state index < -0.39 is 0 Å². The second-order valence-electron chi connectivity index (χ2n) is 7.20. The molecule has 0 aliphatic carbocycles. The summed E-state index contributed by atoms with van der Waals surface area (Å²) in [6, 6.07) is 15.2. The molecule has 0 bridgehead atoms. The molecule has 0 atom stereocenters. The van der Waals surface area contributed by atoms with Crippen LogP contribution in [0, 0.1) is 11.3 Å². The average molecular weight is 434 g/mol. The minimum Gasteiger partial charge on any atom is -0.480 e. The van der Waals surface area contributed by atoms with E-state index in [1.165, 1.54) is 12.0 Å². The summed E-state index contributed by atoms with van der Waals surface area (Å²) < 4.78 is 5.21. The molecule has 0 radical (unpaired) electrons. The highest BCUT2D eigenvalue weighted by molar-refractivity contribution is 7.09. The zero-order valence-corrected chi connectivity index (χ0v) is 18.1. The van der Waals surface area contributed by atoms with Gasteiger partial charge in [0.2, 0.25) is 5.88 Å². The SMILES string of the molecule is COc1ncccc1C(=O)Nc1cc(C#N)ccc1N1CCN(Cc2cccs2)CC1. The van der Waals surface area contributed by atoms with Gasteiger partial charge in [0.25, 0.3) is 5.91 Å². The minimum absolute atomic E-state index is 0.264. The number of nitrogens with zero attached hydrogens (tertiary/aromatic N) is 4. The topological polar surface area (TPSA) is 81.5 Å². The largest absolute Gasteiger partial charge is 0.480 e. The number of anilines is 2. The maximum Gasteiger partial charge on any atom is 0.261 e. The summed E-state index contributed by atoms with van der Waals surface area (Å²) in [4.78, 5) is 23.1. The smallest absolute Gasteiger partial charge is 0.261 e. The Hall–Kier alpha value is -3.41. The number of nitrogens with one attached hydrogen (secondary N) is 1. The van der Waals surface area contributed by atoms with Gasteiger partial charge in [-0.3, -0.25) is 9.69 Å². The highest BCUT2D eigenvalue weighted by Crippen LogP contribution is 2.29. The Bertz CT molecular complexity index is 1090. The molecular weight excluding hydrogens is 410 g/mol. The summed E-state index contributed by atoms with van der Waals surface area (Å²) in [7, 11) is 1.48. The molecule has 0 spiro atoms. The van der Waals surface area contributed by atoms with Crippen LogP contribution >= 0.6 is 11.3 Å². The molecular formula is C23H23N5O2S. The van der Waals surface area contributed by atoms with E-state index in [1.54, 1.807) is 41.8 Å². The fourth-order valence-electron chi connectivity index (χ4n) is 3.67. The summed E-state index contributed by atoms with van der Waals surface area (Å²) >= 11 is 1.78. The van der Waals surface area contributed by atoms with Crippen molar-refractivity contribution in [3.8, 4) is 11.9 Å². The van der Waals surface area contributed by atoms with Crippen molar-refractivity contribution in [3.05, 3.63) is 70.0 Å². The highest BCUT2D eigenvalue weighted by Gasteiger charge is 2.22. The number of nitriles is 1. The van der Waals surface area contributed by atoms with E-state index in [2.05, 4.69) is 43.7 Å². The van der Waals surface area contributed by atoms with Gasteiger partial charge < -0.3 is 15.0 Å². The molecule has 3 heterocycles. The standard InChI is InChI=1S/C23H23N5O2S/c1-30-23-19(5-2-8-25-23)22(29)26-20-14-17(15-24)6-7-21(20)28-11-9-27(10-12-28)16-18-4-3-13-31-18/h2-8,13-14H,9-12,16H2,1H3,(H,26,29). The third kappa shape index (κ3) is 4.85. The van der Waals surface area contributed by atoms with E-state index >= 15 is 0 Å². The molecule has 8 heteroatoms. The van der Waals surface area contributed by atoms with Crippen LogP contribution in [0.1, 0.15) is 20.8 Å². The van der Waals surface area contributed by atoms with Crippen LogP contribution in [0.5, 0.6) is 5.88 Å². The Morgan fingerprint density at radius 2 is 2.06 bits per heavy atom. The summed E-state index contributed by atoms with van der Waals surface area (Å²) in [5, 5.41) is 14.4. The van der Waals surface area contributed by atoms with E-state index in [0.29, 0.717) is 16.8 Å². The Morgan fingerprint density at radius 1 is 1.23 bits per heavy atom. The monoisotopic (exact) mass is 433 g/mol. The molecule has 4 rings (SSSR count). The van der Waals surface area contributed by atoms with Gasteiger partial charge in [0, 0.05) is 43.8 Å². The van der Waals surface area contributed by atoms with E-state index in [1.807, 2.05) is 6.07 Å². The molecule has 0 saturated carbocycles. The molecule has 3 aromatic rings. The molecule has 1 amide bonds. The fourth-order valence-corrected chi connectivity index (χ4v) is 4.41. The number of ether oxygens (including phenoxy) is 1. The molecule has 1 N–H and O–H groups in total. The number of piperazine rings is 1. The summed E-state index contributed by atoms with van der Waals surface area (Å²) in [5.74, 6) is -0.0576. The van der Waals surface area contributed by atoms with Gasteiger partial charge >= 0.3 is 0 Å². The first-order valence-electron chi connectivity index (χ1n) is 10.0. The molecule has 0 unspecified atom stereocenters. The summed E-state index contributed by atoms with van der Waals surface area (Å²) in [5.41, 5.74) is 2.36. The number of hydrogen-bond acceptors (Lipinski definition) is 7. The fraction of sp³-hybridized carbons (Fsp3) is 0.261. The number of pyridine rings is 1. The van der Waals surface area contributed by atoms with Crippen LogP contribution < -0.4 is 15.0 Å². The zero-order valence-electron chi connectivity index (χ0n) is 17.2. The van der Waals surface area contributed by atoms with Crippen molar-refractivity contribution in [3.63, 3.8) is 0 Å². The number of aromatic nitrogens is 1. The summed E-state index contributed by atoms with van der Waals surface area (Å²) in [6.07, 6.45) is 1.58. The molecule has 158 valence electrons. The van der Waals surface area contributed by atoms with Crippen molar-refractivity contribution in [1.82, 2.24) is 9.88 Å². The third-order valence-electron chi connectivity index (χ3n) is 5.26. The molecule has 1 fully saturated rings. The second kappa shape index (κ2) is 9.60. The Balaban J connectivity index is 1.51. The van der Waals surface area contributed by atoms with Gasteiger partial charge in [-0.05, 0) is 41.8 Å². The van der Waals surface area contributed by atoms with Crippen LogP contribution in [-0.4, -0.2) is 49.1 Å². The lowest BCUT2D eigenvalue weighted by Crippen LogP contribution is -2.46. The van der Waals surface area contributed by atoms with Crippen molar-refractivity contribution in [1.29, 1.82) is 5.26 Å². The van der Waals surface area contributed by atoms with Gasteiger partial charge in [0.1, 0.15) is 5.56 Å². The molecule has 1 aromatic carbocycles. The number of rotatable bonds is 6. The Kier molecular flexibility index (Phi) is 6.46. The maximum atomic E-state index is 12.9. The maximum absolute atomic E-state index is 12.9. The number of methoxy groups -OCH3 is 1. The van der Waals surface area contributed by atoms with Gasteiger partial charge in [-0.2, -0.15) is 5.26 Å². The lowest BCUT2D eigenvalue weighted by atomic mass is 10.1. The first-order chi connectivity index (χ1) is 15.2. The predicted octanol–water partition coefficient (Wildman–Crippen LogP) is 3.60. The number of carbonyl (C=O) groups is 1. The lowest BCUT2D eigenvalue weighted by Gasteiger charge is -2.36. The molecule has 1 aliphatic heterocycles. The number of carbonyl (C=O) groups excluding carboxylic acids is 1. The normalized spacial score (nSPS) is 14.1. The number of amides is 1. The van der Waals surface area contributed by atoms with E-state index in [9.17, 15) is 10.1 Å². The minimum atomic E-state index is -0.322. The van der Waals surface area contributed by atoms with Crippen LogP contribution in [-0.2, 0) is 6.54 Å². The van der Waals surface area contributed by atoms with Gasteiger partial charge in [0.05, 0.1) is 30.1 Å². The van der Waals surface area contributed by atoms with Crippen molar-refractivity contribution < 1.29 is 9.53 Å². The van der Waals surface area contributed by atoms with Crippen LogP contribution in [0.4, 0.5) is 11.4 Å². The van der Waals surface area contributed by atoms with Crippen molar-refractivity contribution in [2.75, 3.05) is 43.5 Å². The lowest BCUT2D eigenvalue weighted by molar-refractivity contribution is 0.102. The molecule has 7 nitrogen and oxygen atoms in total. The van der Waals surface area contributed by atoms with E-state index in [4.69, 9.17) is 4.74 Å². The number of benzene rings is 1. The second-order valence-corrected chi connectivity index (χ2v) is 8.23. The average Bonchev–Trinajstić information content (AvgIpc) is 3.32. The van der Waals surface area contributed by atoms with Crippen molar-refractivity contribution in [2.45, 2.75) is 6.54 Å². The zero-order chi connectivity index (χ0) is 21.6. The first kappa shape index (κ1) is 20.8. The van der Waals surface area contributed by atoms with Gasteiger partial charge in [-0.25, -0.2) is 4.98 Å². The van der Waals surface area contributed by atoms with Crippen molar-refractivity contribution in [2.24, 2.45) is 0 Å². The van der Waals surface area contributed by atoms with Crippen LogP contribution in [0.25, 0.3) is 0 Å². The number of hydrogen-bond donors (Lipinski definition) is 1. The van der Waals surface area contributed by atoms with E-state index in [0.717, 1.165) is 38.4 Å². The van der Waals surface area contributed by atoms with Crippen LogP contribution in [0.3, 0.4) is 0 Å². The predicted molar refractivity (Wildman–Crippen MR) is 122 cm³/mol. The van der Waals surface area contributed by atoms with Crippen LogP contribution in [0.2, 0.25) is 0 Å². The van der Waals surface area contributed by atoms with Gasteiger partial charge in [-0.1, -0.05) is 6.07 Å². The Labute approximate surface area is 185 Å². The quantitative estimate of drug-likeness (QED) is 0.640. The molecule has 1 saturated heterocycles. The van der Waals surface area contributed by atoms with Crippen LogP contribution in [0.15, 0.2) is 54.0 Å². The van der Waals surface area contributed by atoms with Gasteiger partial charge in [-0.15, -0.1) is 11.3 Å². The van der Waals surface area contributed by atoms with Gasteiger partial charge in [0.15, 0.2) is 0 Å². The third-order valence-corrected chi connectivity index (χ3v) is 6.12. The highest BCUT2D eigenvalue weighted by atomic mass is 32.1. The Morgan fingerprint density at radius 3 is 2.77 bits per heavy atom. The summed E-state index contributed by atoms with van der Waals surface area (Å²) in [6.45, 7) is 4.51. The molecule has 31 heavy (non-hydrogen) atoms. The number of thiophene rings is 1. The molecule has 2 aromatic heterocycles.